The number of nitrogens with one attached hydrogen (secondary N) is 4. The highest BCUT2D eigenvalue weighted by atomic mass is 19.4. The molecule has 1 aromatic carbocycles. The van der Waals surface area contributed by atoms with E-state index in [4.69, 9.17) is 4.74 Å². The molecule has 3 amide bonds. The van der Waals surface area contributed by atoms with E-state index in [1.165, 1.54) is 6.08 Å². The number of carbonyl (C=O) groups excluding carboxylic acids is 3. The molecule has 8 nitrogen and oxygen atoms in total. The molecule has 0 unspecified atom stereocenters. The molecule has 1 aliphatic rings. The summed E-state index contributed by atoms with van der Waals surface area (Å²) < 4.78 is 44.7. The maximum atomic E-state index is 13.1. The van der Waals surface area contributed by atoms with Crippen LogP contribution in [0.25, 0.3) is 0 Å². The van der Waals surface area contributed by atoms with Crippen LogP contribution in [0.5, 0.6) is 0 Å². The Labute approximate surface area is 203 Å². The number of hydrogen-bond acceptors (Lipinski definition) is 5. The number of alkyl carbamates (subject to hydrolysis) is 1. The lowest BCUT2D eigenvalue weighted by molar-refractivity contribution is -0.137. The van der Waals surface area contributed by atoms with Gasteiger partial charge >= 0.3 is 12.3 Å². The van der Waals surface area contributed by atoms with E-state index in [2.05, 4.69) is 27.8 Å². The van der Waals surface area contributed by atoms with Crippen LogP contribution in [0, 0.1) is 0 Å². The number of alkyl halides is 3. The molecular weight excluding hydrogens is 465 g/mol. The number of ether oxygens (including phenoxy) is 1. The third-order valence-electron chi connectivity index (χ3n) is 5.25. The summed E-state index contributed by atoms with van der Waals surface area (Å²) in [5.74, 6) is -1.35. The number of benzene rings is 1. The number of halogens is 3. The first kappa shape index (κ1) is 28.0. The van der Waals surface area contributed by atoms with E-state index in [0.29, 0.717) is 12.8 Å². The van der Waals surface area contributed by atoms with E-state index < -0.39 is 41.8 Å². The molecule has 0 aliphatic heterocycles. The van der Waals surface area contributed by atoms with Crippen LogP contribution in [0.2, 0.25) is 0 Å². The molecule has 35 heavy (non-hydrogen) atoms. The van der Waals surface area contributed by atoms with Gasteiger partial charge in [0.05, 0.1) is 23.7 Å². The van der Waals surface area contributed by atoms with Crippen LogP contribution in [-0.4, -0.2) is 48.7 Å². The SMILES string of the molecule is C=CCNc1ccc(C(F)(F)F)cc1C(=O)NCC(=O)N[C@H]1CCCC[C@H]1NC(=O)OC(C)(C)C. The van der Waals surface area contributed by atoms with Crippen LogP contribution in [0.15, 0.2) is 30.9 Å². The fourth-order valence-corrected chi connectivity index (χ4v) is 3.69. The van der Waals surface area contributed by atoms with Crippen LogP contribution in [-0.2, 0) is 15.7 Å². The standard InChI is InChI=1S/C24H33F3N4O4/c1-5-12-28-17-11-10-15(24(25,26)27)13-16(17)21(33)29-14-20(32)30-18-8-6-7-9-19(18)31-22(34)35-23(2,3)4/h5,10-11,13,18-19,28H,1,6-9,12,14H2,2-4H3,(H,29,33)(H,30,32)(H,31,34)/t18-,19+/m0/s1. The zero-order chi connectivity index (χ0) is 26.2. The van der Waals surface area contributed by atoms with Gasteiger partial charge in [0.2, 0.25) is 5.91 Å². The normalized spacial score (nSPS) is 18.2. The van der Waals surface area contributed by atoms with Crippen LogP contribution in [0.4, 0.5) is 23.7 Å². The number of hydrogen-bond donors (Lipinski definition) is 4. The Balaban J connectivity index is 2.01. The second kappa shape index (κ2) is 11.9. The molecule has 194 valence electrons. The Kier molecular flexibility index (Phi) is 9.55. The number of anilines is 1. The lowest BCUT2D eigenvalue weighted by Gasteiger charge is -2.33. The summed E-state index contributed by atoms with van der Waals surface area (Å²) in [6.07, 6.45) is -0.700. The maximum absolute atomic E-state index is 13.1. The Hall–Kier alpha value is -3.24. The molecule has 0 radical (unpaired) electrons. The predicted molar refractivity (Wildman–Crippen MR) is 126 cm³/mol. The van der Waals surface area contributed by atoms with Crippen molar-refractivity contribution in [1.29, 1.82) is 0 Å². The molecule has 4 N–H and O–H groups in total. The summed E-state index contributed by atoms with van der Waals surface area (Å²) in [5, 5.41) is 10.8. The van der Waals surface area contributed by atoms with E-state index in [1.54, 1.807) is 20.8 Å². The van der Waals surface area contributed by atoms with Crippen LogP contribution < -0.4 is 21.3 Å². The number of rotatable bonds is 8. The summed E-state index contributed by atoms with van der Waals surface area (Å²) in [6.45, 7) is 8.57. The van der Waals surface area contributed by atoms with Crippen molar-refractivity contribution in [3.8, 4) is 0 Å². The van der Waals surface area contributed by atoms with Crippen LogP contribution >= 0.6 is 0 Å². The zero-order valence-electron chi connectivity index (χ0n) is 20.2. The molecule has 1 fully saturated rings. The molecule has 0 spiro atoms. The molecule has 0 aromatic heterocycles. The third-order valence-corrected chi connectivity index (χ3v) is 5.25. The lowest BCUT2D eigenvalue weighted by atomic mass is 9.90. The summed E-state index contributed by atoms with van der Waals surface area (Å²) >= 11 is 0. The van der Waals surface area contributed by atoms with Crippen molar-refractivity contribution in [2.75, 3.05) is 18.4 Å². The van der Waals surface area contributed by atoms with E-state index in [9.17, 15) is 27.6 Å². The summed E-state index contributed by atoms with van der Waals surface area (Å²) in [5.41, 5.74) is -1.69. The Morgan fingerprint density at radius 1 is 1.09 bits per heavy atom. The number of carbonyl (C=O) groups is 3. The smallest absolute Gasteiger partial charge is 0.416 e. The topological polar surface area (TPSA) is 109 Å². The molecule has 0 bridgehead atoms. The van der Waals surface area contributed by atoms with Crippen molar-refractivity contribution in [3.05, 3.63) is 42.0 Å². The quantitative estimate of drug-likeness (QED) is 0.406. The van der Waals surface area contributed by atoms with Gasteiger partial charge in [-0.05, 0) is 51.8 Å². The van der Waals surface area contributed by atoms with Crippen molar-refractivity contribution in [1.82, 2.24) is 16.0 Å². The van der Waals surface area contributed by atoms with Crippen molar-refractivity contribution >= 4 is 23.6 Å². The van der Waals surface area contributed by atoms with E-state index in [-0.39, 0.29) is 29.9 Å². The minimum absolute atomic E-state index is 0.185. The highest BCUT2D eigenvalue weighted by molar-refractivity contribution is 6.01. The van der Waals surface area contributed by atoms with E-state index >= 15 is 0 Å². The molecule has 2 atom stereocenters. The highest BCUT2D eigenvalue weighted by Gasteiger charge is 2.32. The first-order valence-corrected chi connectivity index (χ1v) is 11.4. The van der Waals surface area contributed by atoms with Gasteiger partial charge in [0.1, 0.15) is 5.60 Å². The van der Waals surface area contributed by atoms with Gasteiger partial charge in [-0.1, -0.05) is 18.9 Å². The summed E-state index contributed by atoms with van der Waals surface area (Å²) in [6, 6.07) is 2.07. The number of amides is 3. The maximum Gasteiger partial charge on any atom is 0.416 e. The molecule has 0 saturated heterocycles. The molecule has 1 saturated carbocycles. The molecule has 1 aromatic rings. The van der Waals surface area contributed by atoms with Gasteiger partial charge < -0.3 is 26.0 Å². The summed E-state index contributed by atoms with van der Waals surface area (Å²) in [4.78, 5) is 37.3. The van der Waals surface area contributed by atoms with Gasteiger partial charge in [-0.25, -0.2) is 4.79 Å². The first-order chi connectivity index (χ1) is 16.3. The second-order valence-electron chi connectivity index (χ2n) is 9.32. The van der Waals surface area contributed by atoms with E-state index in [1.807, 2.05) is 0 Å². The minimum atomic E-state index is -4.62. The van der Waals surface area contributed by atoms with Gasteiger partial charge in [-0.2, -0.15) is 13.2 Å². The molecule has 1 aliphatic carbocycles. The van der Waals surface area contributed by atoms with Crippen molar-refractivity contribution < 1.29 is 32.3 Å². The highest BCUT2D eigenvalue weighted by Crippen LogP contribution is 2.32. The van der Waals surface area contributed by atoms with E-state index in [0.717, 1.165) is 31.0 Å². The average Bonchev–Trinajstić information content (AvgIpc) is 2.75. The first-order valence-electron chi connectivity index (χ1n) is 11.4. The molecule has 11 heteroatoms. The predicted octanol–water partition coefficient (Wildman–Crippen LogP) is 3.99. The Bertz CT molecular complexity index is 928. The summed E-state index contributed by atoms with van der Waals surface area (Å²) in [7, 11) is 0. The Morgan fingerprint density at radius 2 is 1.71 bits per heavy atom. The lowest BCUT2D eigenvalue weighted by Crippen LogP contribution is -2.55. The average molecular weight is 499 g/mol. The molecule has 2 rings (SSSR count). The minimum Gasteiger partial charge on any atom is -0.444 e. The van der Waals surface area contributed by atoms with Gasteiger partial charge in [0.25, 0.3) is 5.91 Å². The molecule has 0 heterocycles. The largest absolute Gasteiger partial charge is 0.444 e. The van der Waals surface area contributed by atoms with Crippen molar-refractivity contribution in [2.24, 2.45) is 0 Å². The van der Waals surface area contributed by atoms with Gasteiger partial charge in [-0.3, -0.25) is 9.59 Å². The molecular formula is C24H33F3N4O4. The fraction of sp³-hybridized carbons (Fsp3) is 0.542. The van der Waals surface area contributed by atoms with Crippen molar-refractivity contribution in [2.45, 2.75) is 70.3 Å². The van der Waals surface area contributed by atoms with Crippen molar-refractivity contribution in [3.63, 3.8) is 0 Å². The second-order valence-corrected chi connectivity index (χ2v) is 9.32. The third kappa shape index (κ3) is 9.14. The zero-order valence-corrected chi connectivity index (χ0v) is 20.2. The fourth-order valence-electron chi connectivity index (χ4n) is 3.69. The van der Waals surface area contributed by atoms with Gasteiger partial charge in [0, 0.05) is 18.3 Å². The Morgan fingerprint density at radius 3 is 2.29 bits per heavy atom. The van der Waals surface area contributed by atoms with Crippen LogP contribution in [0.1, 0.15) is 62.4 Å². The van der Waals surface area contributed by atoms with Crippen LogP contribution in [0.3, 0.4) is 0 Å². The van der Waals surface area contributed by atoms with Gasteiger partial charge in [0.15, 0.2) is 0 Å². The van der Waals surface area contributed by atoms with Gasteiger partial charge in [-0.15, -0.1) is 6.58 Å². The monoisotopic (exact) mass is 498 g/mol.